The van der Waals surface area contributed by atoms with Crippen LogP contribution in [0.5, 0.6) is 0 Å². The Kier molecular flexibility index (Phi) is 4.03. The first-order valence-electron chi connectivity index (χ1n) is 10.6. The molecule has 0 spiro atoms. The van der Waals surface area contributed by atoms with Gasteiger partial charge in [-0.05, 0) is 62.0 Å². The van der Waals surface area contributed by atoms with E-state index < -0.39 is 17.2 Å². The van der Waals surface area contributed by atoms with Crippen molar-refractivity contribution in [1.82, 2.24) is 4.98 Å². The van der Waals surface area contributed by atoms with Crippen molar-refractivity contribution in [3.8, 4) is 0 Å². The summed E-state index contributed by atoms with van der Waals surface area (Å²) in [6.45, 7) is 6.32. The third-order valence-electron chi connectivity index (χ3n) is 8.84. The molecule has 4 aliphatic rings. The molecule has 1 heterocycles. The lowest BCUT2D eigenvalue weighted by atomic mass is 9.45. The Balaban J connectivity index is 1.60. The van der Waals surface area contributed by atoms with Crippen molar-refractivity contribution in [1.29, 1.82) is 0 Å². The van der Waals surface area contributed by atoms with Crippen molar-refractivity contribution in [2.24, 2.45) is 28.6 Å². The number of nitrogens with zero attached hydrogens (tertiary/aromatic N) is 1. The molecule has 1 aromatic heterocycles. The van der Waals surface area contributed by atoms with Crippen LogP contribution in [0.3, 0.4) is 0 Å². The van der Waals surface area contributed by atoms with Crippen LogP contribution in [-0.2, 0) is 4.79 Å². The fourth-order valence-corrected chi connectivity index (χ4v) is 8.25. The molecule has 1 aromatic rings. The highest BCUT2D eigenvalue weighted by Crippen LogP contribution is 2.71. The van der Waals surface area contributed by atoms with Crippen molar-refractivity contribution in [2.45, 2.75) is 64.1 Å². The van der Waals surface area contributed by atoms with Gasteiger partial charge in [-0.3, -0.25) is 4.79 Å². The molecule has 3 N–H and O–H groups in total. The number of ketones is 1. The van der Waals surface area contributed by atoms with E-state index in [4.69, 9.17) is 5.73 Å². The summed E-state index contributed by atoms with van der Waals surface area (Å²) in [5, 5.41) is 13.9. The van der Waals surface area contributed by atoms with Gasteiger partial charge in [0, 0.05) is 22.6 Å². The number of nitrogens with two attached hydrogens (primary N) is 1. The Morgan fingerprint density at radius 2 is 2.10 bits per heavy atom. The SMILES string of the molecule is CC1CC2C3CCC4=CC(=O)C=CC4(C)C3(F)C(O)CC2(C)C1c1csc(N)n1. The number of halogens is 1. The smallest absolute Gasteiger partial charge is 0.180 e. The normalized spacial score (nSPS) is 48.7. The van der Waals surface area contributed by atoms with E-state index in [0.717, 1.165) is 17.7 Å². The zero-order chi connectivity index (χ0) is 20.8. The van der Waals surface area contributed by atoms with Gasteiger partial charge in [0.2, 0.25) is 0 Å². The van der Waals surface area contributed by atoms with Gasteiger partial charge in [-0.2, -0.15) is 0 Å². The summed E-state index contributed by atoms with van der Waals surface area (Å²) in [4.78, 5) is 16.5. The summed E-state index contributed by atoms with van der Waals surface area (Å²) in [6.07, 6.45) is 6.44. The zero-order valence-corrected chi connectivity index (χ0v) is 18.0. The second-order valence-corrected chi connectivity index (χ2v) is 11.0. The number of thiazole rings is 1. The van der Waals surface area contributed by atoms with E-state index in [1.165, 1.54) is 17.4 Å². The summed E-state index contributed by atoms with van der Waals surface area (Å²) in [6, 6.07) is 0. The first-order valence-corrected chi connectivity index (χ1v) is 11.5. The molecule has 0 radical (unpaired) electrons. The van der Waals surface area contributed by atoms with Crippen LogP contribution in [0.4, 0.5) is 9.52 Å². The standard InChI is InChI=1S/C23H29FN2O2S/c1-12-8-16-15-5-4-13-9-14(27)6-7-22(13,3)23(15,24)18(28)10-21(16,2)19(12)17-11-29-20(25)26-17/h6-7,9,11-12,15-16,18-19,28H,4-5,8,10H2,1-3H3,(H2,25,26). The van der Waals surface area contributed by atoms with Crippen LogP contribution in [0.2, 0.25) is 0 Å². The van der Waals surface area contributed by atoms with Crippen LogP contribution in [0.1, 0.15) is 58.1 Å². The molecule has 3 fully saturated rings. The number of hydrogen-bond acceptors (Lipinski definition) is 5. The van der Waals surface area contributed by atoms with Crippen molar-refractivity contribution in [2.75, 3.05) is 5.73 Å². The molecule has 0 saturated heterocycles. The number of aliphatic hydroxyl groups excluding tert-OH is 1. The maximum absolute atomic E-state index is 17.0. The number of anilines is 1. The molecule has 3 saturated carbocycles. The minimum Gasteiger partial charge on any atom is -0.390 e. The van der Waals surface area contributed by atoms with Gasteiger partial charge in [0.15, 0.2) is 16.6 Å². The number of rotatable bonds is 1. The summed E-state index contributed by atoms with van der Waals surface area (Å²) >= 11 is 1.45. The largest absolute Gasteiger partial charge is 0.390 e. The van der Waals surface area contributed by atoms with Crippen LogP contribution < -0.4 is 5.73 Å². The average Bonchev–Trinajstić information content (AvgIpc) is 3.17. The number of alkyl halides is 1. The molecule has 5 rings (SSSR count). The minimum atomic E-state index is -1.76. The van der Waals surface area contributed by atoms with Gasteiger partial charge in [0.1, 0.15) is 0 Å². The fraction of sp³-hybridized carbons (Fsp3) is 0.652. The van der Waals surface area contributed by atoms with Gasteiger partial charge in [0.05, 0.1) is 11.8 Å². The Bertz CT molecular complexity index is 941. The molecule has 4 aliphatic carbocycles. The highest BCUT2D eigenvalue weighted by molar-refractivity contribution is 7.13. The van der Waals surface area contributed by atoms with Gasteiger partial charge in [-0.1, -0.05) is 25.5 Å². The molecule has 8 unspecified atom stereocenters. The fourth-order valence-electron chi connectivity index (χ4n) is 7.65. The maximum Gasteiger partial charge on any atom is 0.180 e. The molecule has 0 amide bonds. The summed E-state index contributed by atoms with van der Waals surface area (Å²) in [7, 11) is 0. The molecule has 0 aliphatic heterocycles. The predicted molar refractivity (Wildman–Crippen MR) is 112 cm³/mol. The van der Waals surface area contributed by atoms with Crippen molar-refractivity contribution in [3.63, 3.8) is 0 Å². The third kappa shape index (κ3) is 2.33. The van der Waals surface area contributed by atoms with Crippen molar-refractivity contribution < 1.29 is 14.3 Å². The Hall–Kier alpha value is -1.53. The number of fused-ring (bicyclic) bond motifs is 5. The number of hydrogen-bond donors (Lipinski definition) is 2. The van der Waals surface area contributed by atoms with E-state index in [9.17, 15) is 9.90 Å². The van der Waals surface area contributed by atoms with Crippen molar-refractivity contribution in [3.05, 3.63) is 34.9 Å². The Morgan fingerprint density at radius 3 is 2.79 bits per heavy atom. The molecule has 29 heavy (non-hydrogen) atoms. The second-order valence-electron chi connectivity index (χ2n) is 10.2. The number of carbonyl (C=O) groups is 1. The number of aliphatic hydroxyl groups is 1. The predicted octanol–water partition coefficient (Wildman–Crippen LogP) is 4.43. The monoisotopic (exact) mass is 416 g/mol. The van der Waals surface area contributed by atoms with Crippen LogP contribution >= 0.6 is 11.3 Å². The van der Waals surface area contributed by atoms with E-state index in [1.54, 1.807) is 12.2 Å². The molecule has 8 atom stereocenters. The van der Waals surface area contributed by atoms with E-state index in [2.05, 4.69) is 18.8 Å². The first kappa shape index (κ1) is 19.4. The highest BCUT2D eigenvalue weighted by Gasteiger charge is 2.71. The molecule has 0 aromatic carbocycles. The van der Waals surface area contributed by atoms with Gasteiger partial charge < -0.3 is 10.8 Å². The van der Waals surface area contributed by atoms with Gasteiger partial charge in [-0.15, -0.1) is 11.3 Å². The third-order valence-corrected chi connectivity index (χ3v) is 9.53. The lowest BCUT2D eigenvalue weighted by Gasteiger charge is -2.62. The maximum atomic E-state index is 17.0. The van der Waals surface area contributed by atoms with E-state index >= 15 is 4.39 Å². The highest BCUT2D eigenvalue weighted by atomic mass is 32.1. The summed E-state index contributed by atoms with van der Waals surface area (Å²) < 4.78 is 17.0. The minimum absolute atomic E-state index is 0.0784. The second kappa shape index (κ2) is 6.01. The van der Waals surface area contributed by atoms with E-state index in [-0.39, 0.29) is 29.0 Å². The van der Waals surface area contributed by atoms with Crippen LogP contribution in [0.15, 0.2) is 29.2 Å². The van der Waals surface area contributed by atoms with Crippen LogP contribution in [-0.4, -0.2) is 27.6 Å². The summed E-state index contributed by atoms with van der Waals surface area (Å²) in [5.41, 5.74) is 4.85. The van der Waals surface area contributed by atoms with Crippen molar-refractivity contribution >= 4 is 22.3 Å². The van der Waals surface area contributed by atoms with Gasteiger partial charge >= 0.3 is 0 Å². The zero-order valence-electron chi connectivity index (χ0n) is 17.2. The Labute approximate surface area is 175 Å². The number of allylic oxidation sites excluding steroid dienone is 4. The molecule has 156 valence electrons. The van der Waals surface area contributed by atoms with Crippen LogP contribution in [0, 0.1) is 28.6 Å². The van der Waals surface area contributed by atoms with E-state index in [0.29, 0.717) is 30.3 Å². The van der Waals surface area contributed by atoms with Gasteiger partial charge in [-0.25, -0.2) is 9.37 Å². The van der Waals surface area contributed by atoms with E-state index in [1.807, 2.05) is 12.3 Å². The summed E-state index contributed by atoms with van der Waals surface area (Å²) in [5.74, 6) is 0.385. The lowest BCUT2D eigenvalue weighted by Crippen LogP contribution is -2.66. The van der Waals surface area contributed by atoms with Gasteiger partial charge in [0.25, 0.3) is 0 Å². The average molecular weight is 417 g/mol. The number of carbonyl (C=O) groups excluding carboxylic acids is 1. The quantitative estimate of drug-likeness (QED) is 0.710. The first-order chi connectivity index (χ1) is 13.6. The Morgan fingerprint density at radius 1 is 1.34 bits per heavy atom. The topological polar surface area (TPSA) is 76.2 Å². The molecular weight excluding hydrogens is 387 g/mol. The molecular formula is C23H29FN2O2S. The number of nitrogen functional groups attached to an aromatic ring is 1. The van der Waals surface area contributed by atoms with Crippen LogP contribution in [0.25, 0.3) is 0 Å². The lowest BCUT2D eigenvalue weighted by molar-refractivity contribution is -0.191. The number of aromatic nitrogens is 1. The molecule has 4 nitrogen and oxygen atoms in total. The molecule has 0 bridgehead atoms. The molecule has 6 heteroatoms.